The third kappa shape index (κ3) is 9.76. The summed E-state index contributed by atoms with van der Waals surface area (Å²) < 4.78 is 0. The van der Waals surface area contributed by atoms with E-state index in [1.807, 2.05) is 107 Å². The molecule has 0 amide bonds. The van der Waals surface area contributed by atoms with E-state index in [4.69, 9.17) is 58.0 Å². The van der Waals surface area contributed by atoms with Gasteiger partial charge in [-0.25, -0.2) is 0 Å². The van der Waals surface area contributed by atoms with Gasteiger partial charge < -0.3 is 0 Å². The van der Waals surface area contributed by atoms with E-state index >= 15 is 0 Å². The molecule has 0 bridgehead atoms. The van der Waals surface area contributed by atoms with Gasteiger partial charge >= 0.3 is 0 Å². The fourth-order valence-corrected chi connectivity index (χ4v) is 6.92. The van der Waals surface area contributed by atoms with Gasteiger partial charge in [-0.05, 0) is 75.3 Å². The number of carbonyl (C=O) groups excluding carboxylic acids is 2. The molecular formula is C42H45Cl5N4O2. The molecule has 280 valence electrons. The van der Waals surface area contributed by atoms with Crippen molar-refractivity contribution in [3.05, 3.63) is 113 Å². The summed E-state index contributed by atoms with van der Waals surface area (Å²) in [6, 6.07) is 4.78. The lowest BCUT2D eigenvalue weighted by Gasteiger charge is -2.31. The molecule has 0 atom stereocenters. The smallest absolute Gasteiger partial charge is 0.186 e. The Balaban J connectivity index is 1.67. The lowest BCUT2D eigenvalue weighted by atomic mass is 9.72. The number of allylic oxidation sites excluding steroid dienone is 10. The zero-order valence-electron chi connectivity index (χ0n) is 32.2. The quantitative estimate of drug-likeness (QED) is 0.222. The topological polar surface area (TPSA) is 83.6 Å². The summed E-state index contributed by atoms with van der Waals surface area (Å²) in [5, 5.41) is 18.1. The molecule has 0 spiro atoms. The van der Waals surface area contributed by atoms with Crippen LogP contribution in [0.15, 0.2) is 109 Å². The Bertz CT molecular complexity index is 2060. The molecular weight excluding hydrogens is 770 g/mol. The van der Waals surface area contributed by atoms with E-state index in [1.165, 1.54) is 0 Å². The van der Waals surface area contributed by atoms with Gasteiger partial charge in [-0.2, -0.15) is 10.2 Å². The Hall–Kier alpha value is -3.13. The number of halogens is 5. The minimum atomic E-state index is -0.365. The summed E-state index contributed by atoms with van der Waals surface area (Å²) in [5.41, 5.74) is 4.23. The maximum Gasteiger partial charge on any atom is 0.186 e. The van der Waals surface area contributed by atoms with Crippen LogP contribution in [0.5, 0.6) is 0 Å². The Labute approximate surface area is 338 Å². The van der Waals surface area contributed by atoms with Crippen LogP contribution in [0, 0.1) is 21.7 Å². The molecule has 2 aromatic rings. The zero-order chi connectivity index (χ0) is 40.0. The Morgan fingerprint density at radius 2 is 0.849 bits per heavy atom. The molecule has 0 fully saturated rings. The maximum absolute atomic E-state index is 13.3. The number of ketones is 2. The highest BCUT2D eigenvalue weighted by molar-refractivity contribution is 6.48. The molecule has 2 aliphatic rings. The first-order chi connectivity index (χ1) is 24.2. The molecule has 0 saturated carbocycles. The van der Waals surface area contributed by atoms with Gasteiger partial charge in [-0.3, -0.25) is 9.59 Å². The standard InChI is InChI=1S/C42H45Cl5N4O2/c1-39(2,3)26-13-22(14-27(37(26)52)40(4,5)6)20-48-50-33-19-30(43)24(17-31(33)44)25-18-32(45)36(35(47)34(25)46)51-49-21-23-15-28(41(7,8)9)38(53)29(16-23)42(10,11)12/h13-21H,1-12H3. The molecule has 0 aliphatic heterocycles. The van der Waals surface area contributed by atoms with Crippen LogP contribution < -0.4 is 0 Å². The van der Waals surface area contributed by atoms with Crippen molar-refractivity contribution in [2.24, 2.45) is 42.1 Å². The van der Waals surface area contributed by atoms with Gasteiger partial charge in [-0.1, -0.05) is 141 Å². The third-order valence-electron chi connectivity index (χ3n) is 8.65. The van der Waals surface area contributed by atoms with E-state index in [0.29, 0.717) is 39.1 Å². The summed E-state index contributed by atoms with van der Waals surface area (Å²) in [4.78, 5) is 26.5. The molecule has 0 heterocycles. The Morgan fingerprint density at radius 3 is 1.25 bits per heavy atom. The van der Waals surface area contributed by atoms with Gasteiger partial charge in [0.05, 0.1) is 37.5 Å². The largest absolute Gasteiger partial charge is 0.289 e. The number of Topliss-reactive ketones (excluding diaryl/α,β-unsaturated/α-hetero) is 2. The predicted molar refractivity (Wildman–Crippen MR) is 222 cm³/mol. The molecule has 0 aromatic heterocycles. The second-order valence-electron chi connectivity index (χ2n) is 17.2. The molecule has 0 unspecified atom stereocenters. The van der Waals surface area contributed by atoms with Crippen LogP contribution in [0.3, 0.4) is 0 Å². The van der Waals surface area contributed by atoms with Gasteiger partial charge in [0.1, 0.15) is 11.4 Å². The fraction of sp³-hybridized carbons (Fsp3) is 0.381. The molecule has 53 heavy (non-hydrogen) atoms. The summed E-state index contributed by atoms with van der Waals surface area (Å²) in [7, 11) is 0. The molecule has 6 nitrogen and oxygen atoms in total. The second kappa shape index (κ2) is 15.5. The van der Waals surface area contributed by atoms with Crippen molar-refractivity contribution in [2.75, 3.05) is 0 Å². The van der Waals surface area contributed by atoms with E-state index in [2.05, 4.69) is 20.5 Å². The van der Waals surface area contributed by atoms with Crippen molar-refractivity contribution in [1.29, 1.82) is 0 Å². The van der Waals surface area contributed by atoms with Crippen molar-refractivity contribution in [3.63, 3.8) is 0 Å². The molecule has 0 radical (unpaired) electrons. The number of azo groups is 2. The minimum absolute atomic E-state index is 0.0252. The monoisotopic (exact) mass is 812 g/mol. The number of carbonyl (C=O) groups is 2. The number of hydrogen-bond donors (Lipinski definition) is 0. The van der Waals surface area contributed by atoms with Crippen LogP contribution in [0.2, 0.25) is 25.1 Å². The van der Waals surface area contributed by atoms with Crippen LogP contribution in [0.1, 0.15) is 83.1 Å². The van der Waals surface area contributed by atoms with Crippen LogP contribution >= 0.6 is 58.0 Å². The molecule has 0 saturated heterocycles. The first kappa shape index (κ1) is 42.6. The van der Waals surface area contributed by atoms with Crippen molar-refractivity contribution < 1.29 is 9.59 Å². The predicted octanol–water partition coefficient (Wildman–Crippen LogP) is 15.6. The lowest BCUT2D eigenvalue weighted by molar-refractivity contribution is -0.114. The van der Waals surface area contributed by atoms with Gasteiger partial charge in [0.2, 0.25) is 0 Å². The van der Waals surface area contributed by atoms with Gasteiger partial charge in [0.15, 0.2) is 11.6 Å². The highest BCUT2D eigenvalue weighted by Crippen LogP contribution is 2.48. The number of benzene rings is 2. The summed E-state index contributed by atoms with van der Waals surface area (Å²) >= 11 is 33.6. The second-order valence-corrected chi connectivity index (χ2v) is 19.2. The van der Waals surface area contributed by atoms with E-state index in [0.717, 1.165) is 11.1 Å². The van der Waals surface area contributed by atoms with Crippen molar-refractivity contribution in [1.82, 2.24) is 0 Å². The Morgan fingerprint density at radius 1 is 0.472 bits per heavy atom. The van der Waals surface area contributed by atoms with Gasteiger partial charge in [0.25, 0.3) is 0 Å². The van der Waals surface area contributed by atoms with Crippen LogP contribution in [-0.2, 0) is 9.59 Å². The van der Waals surface area contributed by atoms with Gasteiger partial charge in [0, 0.05) is 33.4 Å². The summed E-state index contributed by atoms with van der Waals surface area (Å²) in [5.74, 6) is 0.0615. The van der Waals surface area contributed by atoms with Gasteiger partial charge in [-0.15, -0.1) is 10.2 Å². The molecule has 0 N–H and O–H groups in total. The normalized spacial score (nSPS) is 16.3. The van der Waals surface area contributed by atoms with E-state index in [9.17, 15) is 9.59 Å². The average Bonchev–Trinajstić information content (AvgIpc) is 3.01. The number of hydrogen-bond acceptors (Lipinski definition) is 6. The molecule has 2 aliphatic carbocycles. The molecule has 11 heteroatoms. The van der Waals surface area contributed by atoms with Crippen LogP contribution in [0.4, 0.5) is 11.4 Å². The minimum Gasteiger partial charge on any atom is -0.289 e. The van der Waals surface area contributed by atoms with Crippen molar-refractivity contribution >= 4 is 80.9 Å². The highest BCUT2D eigenvalue weighted by atomic mass is 35.5. The van der Waals surface area contributed by atoms with E-state index in [1.54, 1.807) is 30.6 Å². The average molecular weight is 815 g/mol. The number of rotatable bonds is 5. The zero-order valence-corrected chi connectivity index (χ0v) is 36.0. The van der Waals surface area contributed by atoms with Crippen molar-refractivity contribution in [3.8, 4) is 11.1 Å². The lowest BCUT2D eigenvalue weighted by Crippen LogP contribution is -2.27. The maximum atomic E-state index is 13.3. The Kier molecular flexibility index (Phi) is 12.5. The van der Waals surface area contributed by atoms with E-state index in [-0.39, 0.29) is 64.0 Å². The van der Waals surface area contributed by atoms with Crippen LogP contribution in [-0.4, -0.2) is 11.6 Å². The highest BCUT2D eigenvalue weighted by Gasteiger charge is 2.35. The summed E-state index contributed by atoms with van der Waals surface area (Å²) in [6.45, 7) is 24.1. The first-order valence-electron chi connectivity index (χ1n) is 17.1. The first-order valence-corrected chi connectivity index (χ1v) is 19.0. The molecule has 2 aromatic carbocycles. The third-order valence-corrected chi connectivity index (χ3v) is 10.4. The van der Waals surface area contributed by atoms with Crippen molar-refractivity contribution in [2.45, 2.75) is 83.1 Å². The van der Waals surface area contributed by atoms with E-state index < -0.39 is 0 Å². The fourth-order valence-electron chi connectivity index (χ4n) is 5.68. The SMILES string of the molecule is CC(C)(C)C1=CC(=CN=Nc2cc(Cl)c(-c3cc(Cl)c(N=NC=C4C=C(C(C)(C)C)C(=O)C(C(C)(C)C)=C4)c(Cl)c3Cl)cc2Cl)C=C(C(C)(C)C)C1=O. The summed E-state index contributed by atoms with van der Waals surface area (Å²) in [6.07, 6.45) is 10.5. The molecule has 4 rings (SSSR count). The number of nitrogens with zero attached hydrogens (tertiary/aromatic N) is 4. The van der Waals surface area contributed by atoms with Crippen LogP contribution in [0.25, 0.3) is 11.1 Å².